The molecule has 1 saturated heterocycles. The second-order valence-electron chi connectivity index (χ2n) is 4.70. The van der Waals surface area contributed by atoms with E-state index in [0.29, 0.717) is 24.3 Å². The highest BCUT2D eigenvalue weighted by Crippen LogP contribution is 2.18. The topological polar surface area (TPSA) is 96.5 Å². The summed E-state index contributed by atoms with van der Waals surface area (Å²) in [6, 6.07) is 2.67. The third kappa shape index (κ3) is 3.21. The Balaban J connectivity index is 2.05. The Hall–Kier alpha value is -2.11. The molecular weight excluding hydrogens is 246 g/mol. The molecule has 2 heterocycles. The molecule has 0 aliphatic carbocycles. The average molecular weight is 263 g/mol. The Kier molecular flexibility index (Phi) is 3.99. The van der Waals surface area contributed by atoms with E-state index in [2.05, 4.69) is 4.98 Å². The van der Waals surface area contributed by atoms with Crippen LogP contribution >= 0.6 is 0 Å². The van der Waals surface area contributed by atoms with Crippen LogP contribution in [0, 0.1) is 0 Å². The van der Waals surface area contributed by atoms with Crippen molar-refractivity contribution in [1.29, 1.82) is 0 Å². The fraction of sp³-hybridized carbons (Fsp3) is 0.462. The van der Waals surface area contributed by atoms with Crippen LogP contribution < -0.4 is 5.73 Å². The normalized spacial score (nSPS) is 19.2. The molecule has 0 radical (unpaired) electrons. The van der Waals surface area contributed by atoms with Crippen molar-refractivity contribution < 1.29 is 14.7 Å². The van der Waals surface area contributed by atoms with Crippen molar-refractivity contribution >= 4 is 17.6 Å². The lowest BCUT2D eigenvalue weighted by molar-refractivity contribution is -0.151. The standard InChI is InChI=1S/C13H17N3O3/c14-9-4-5-10(15-8-9)7-12(17)16-6-2-1-3-11(16)13(18)19/h4-5,8,11H,1-3,6-7,14H2,(H,18,19). The number of anilines is 1. The lowest BCUT2D eigenvalue weighted by Gasteiger charge is -2.32. The van der Waals surface area contributed by atoms with Gasteiger partial charge in [0.1, 0.15) is 6.04 Å². The zero-order valence-corrected chi connectivity index (χ0v) is 10.6. The number of carboxylic acids is 1. The summed E-state index contributed by atoms with van der Waals surface area (Å²) in [4.78, 5) is 28.8. The number of nitrogens with zero attached hydrogens (tertiary/aromatic N) is 2. The SMILES string of the molecule is Nc1ccc(CC(=O)N2CCCCC2C(=O)O)nc1. The molecule has 1 aliphatic rings. The maximum absolute atomic E-state index is 12.2. The van der Waals surface area contributed by atoms with Gasteiger partial charge in [0.2, 0.25) is 5.91 Å². The minimum absolute atomic E-state index is 0.115. The lowest BCUT2D eigenvalue weighted by Crippen LogP contribution is -2.48. The van der Waals surface area contributed by atoms with Crippen molar-refractivity contribution in [2.75, 3.05) is 12.3 Å². The van der Waals surface area contributed by atoms with Gasteiger partial charge in [0, 0.05) is 12.2 Å². The molecule has 1 aromatic heterocycles. The molecule has 1 fully saturated rings. The highest BCUT2D eigenvalue weighted by atomic mass is 16.4. The van der Waals surface area contributed by atoms with Crippen LogP contribution in [0.15, 0.2) is 18.3 Å². The van der Waals surface area contributed by atoms with Gasteiger partial charge in [0.25, 0.3) is 0 Å². The maximum Gasteiger partial charge on any atom is 0.326 e. The van der Waals surface area contributed by atoms with E-state index in [0.717, 1.165) is 12.8 Å². The summed E-state index contributed by atoms with van der Waals surface area (Å²) < 4.78 is 0. The number of carboxylic acid groups (broad SMARTS) is 1. The molecule has 1 aromatic rings. The van der Waals surface area contributed by atoms with Gasteiger partial charge in [-0.2, -0.15) is 0 Å². The van der Waals surface area contributed by atoms with Gasteiger partial charge in [-0.15, -0.1) is 0 Å². The number of aromatic nitrogens is 1. The van der Waals surface area contributed by atoms with E-state index >= 15 is 0 Å². The number of pyridine rings is 1. The smallest absolute Gasteiger partial charge is 0.326 e. The Morgan fingerprint density at radius 2 is 2.21 bits per heavy atom. The molecule has 3 N–H and O–H groups in total. The summed E-state index contributed by atoms with van der Waals surface area (Å²) in [7, 11) is 0. The monoisotopic (exact) mass is 263 g/mol. The molecule has 1 atom stereocenters. The van der Waals surface area contributed by atoms with Gasteiger partial charge in [-0.05, 0) is 31.4 Å². The molecule has 1 unspecified atom stereocenters. The van der Waals surface area contributed by atoms with E-state index in [9.17, 15) is 9.59 Å². The van der Waals surface area contributed by atoms with Crippen molar-refractivity contribution in [2.24, 2.45) is 0 Å². The lowest BCUT2D eigenvalue weighted by atomic mass is 10.0. The summed E-state index contributed by atoms with van der Waals surface area (Å²) in [5.74, 6) is -1.12. The van der Waals surface area contributed by atoms with Gasteiger partial charge in [0.05, 0.1) is 18.3 Å². The number of rotatable bonds is 3. The van der Waals surface area contributed by atoms with E-state index in [1.165, 1.54) is 11.1 Å². The van der Waals surface area contributed by atoms with Gasteiger partial charge in [0.15, 0.2) is 0 Å². The van der Waals surface area contributed by atoms with Crippen LogP contribution in [0.5, 0.6) is 0 Å². The Labute approximate surface area is 111 Å². The molecule has 2 rings (SSSR count). The number of hydrogen-bond donors (Lipinski definition) is 2. The molecule has 6 nitrogen and oxygen atoms in total. The zero-order chi connectivity index (χ0) is 13.8. The van der Waals surface area contributed by atoms with Crippen LogP contribution in [0.2, 0.25) is 0 Å². The van der Waals surface area contributed by atoms with Crippen molar-refractivity contribution in [3.63, 3.8) is 0 Å². The first-order valence-electron chi connectivity index (χ1n) is 6.30. The van der Waals surface area contributed by atoms with Gasteiger partial charge >= 0.3 is 5.97 Å². The number of hydrogen-bond acceptors (Lipinski definition) is 4. The number of carbonyl (C=O) groups is 2. The highest BCUT2D eigenvalue weighted by molar-refractivity contribution is 5.85. The Morgan fingerprint density at radius 1 is 1.42 bits per heavy atom. The first-order chi connectivity index (χ1) is 9.08. The van der Waals surface area contributed by atoms with Crippen molar-refractivity contribution in [2.45, 2.75) is 31.7 Å². The molecule has 0 saturated carbocycles. The number of amides is 1. The molecule has 0 bridgehead atoms. The predicted octanol–water partition coefficient (Wildman–Crippen LogP) is 0.672. The maximum atomic E-state index is 12.2. The van der Waals surface area contributed by atoms with Crippen LogP contribution in [0.25, 0.3) is 0 Å². The minimum Gasteiger partial charge on any atom is -0.480 e. The molecule has 1 amide bonds. The Morgan fingerprint density at radius 3 is 2.84 bits per heavy atom. The zero-order valence-electron chi connectivity index (χ0n) is 10.6. The van der Waals surface area contributed by atoms with Crippen LogP contribution in [0.3, 0.4) is 0 Å². The van der Waals surface area contributed by atoms with E-state index in [1.807, 2.05) is 0 Å². The fourth-order valence-corrected chi connectivity index (χ4v) is 2.28. The van der Waals surface area contributed by atoms with E-state index in [-0.39, 0.29) is 12.3 Å². The summed E-state index contributed by atoms with van der Waals surface area (Å²) >= 11 is 0. The second kappa shape index (κ2) is 5.69. The highest BCUT2D eigenvalue weighted by Gasteiger charge is 2.31. The summed E-state index contributed by atoms with van der Waals surface area (Å²) in [6.45, 7) is 0.505. The summed E-state index contributed by atoms with van der Waals surface area (Å²) in [6.07, 6.45) is 3.83. The van der Waals surface area contributed by atoms with Crippen molar-refractivity contribution in [3.8, 4) is 0 Å². The van der Waals surface area contributed by atoms with Gasteiger partial charge in [-0.1, -0.05) is 0 Å². The first-order valence-corrected chi connectivity index (χ1v) is 6.30. The third-order valence-corrected chi connectivity index (χ3v) is 3.29. The average Bonchev–Trinajstić information content (AvgIpc) is 2.41. The number of aliphatic carboxylic acids is 1. The fourth-order valence-electron chi connectivity index (χ4n) is 2.28. The number of likely N-dealkylation sites (tertiary alicyclic amines) is 1. The molecule has 102 valence electrons. The molecule has 6 heteroatoms. The second-order valence-corrected chi connectivity index (χ2v) is 4.70. The van der Waals surface area contributed by atoms with E-state index < -0.39 is 12.0 Å². The number of nitrogen functional groups attached to an aromatic ring is 1. The quantitative estimate of drug-likeness (QED) is 0.835. The first kappa shape index (κ1) is 13.3. The van der Waals surface area contributed by atoms with Crippen molar-refractivity contribution in [3.05, 3.63) is 24.0 Å². The van der Waals surface area contributed by atoms with Crippen LogP contribution in [-0.2, 0) is 16.0 Å². The van der Waals surface area contributed by atoms with E-state index in [1.54, 1.807) is 12.1 Å². The predicted molar refractivity (Wildman–Crippen MR) is 69.3 cm³/mol. The molecule has 1 aliphatic heterocycles. The summed E-state index contributed by atoms with van der Waals surface area (Å²) in [5, 5.41) is 9.13. The van der Waals surface area contributed by atoms with E-state index in [4.69, 9.17) is 10.8 Å². The van der Waals surface area contributed by atoms with Crippen molar-refractivity contribution in [1.82, 2.24) is 9.88 Å². The largest absolute Gasteiger partial charge is 0.480 e. The third-order valence-electron chi connectivity index (χ3n) is 3.29. The number of piperidine rings is 1. The van der Waals surface area contributed by atoms with Crippen LogP contribution in [0.1, 0.15) is 25.0 Å². The van der Waals surface area contributed by atoms with Gasteiger partial charge in [-0.3, -0.25) is 9.78 Å². The van der Waals surface area contributed by atoms with Gasteiger partial charge < -0.3 is 15.7 Å². The van der Waals surface area contributed by atoms with Gasteiger partial charge in [-0.25, -0.2) is 4.79 Å². The Bertz CT molecular complexity index is 473. The van der Waals surface area contributed by atoms with Crippen LogP contribution in [0.4, 0.5) is 5.69 Å². The van der Waals surface area contributed by atoms with Crippen LogP contribution in [-0.4, -0.2) is 39.5 Å². The molecular formula is C13H17N3O3. The number of nitrogens with two attached hydrogens (primary N) is 1. The minimum atomic E-state index is -0.932. The summed E-state index contributed by atoms with van der Waals surface area (Å²) in [5.41, 5.74) is 6.67. The molecule has 0 aromatic carbocycles. The number of carbonyl (C=O) groups excluding carboxylic acids is 1. The molecule has 0 spiro atoms. The molecule has 19 heavy (non-hydrogen) atoms.